The molecule has 5 heteroatoms. The van der Waals surface area contributed by atoms with Crippen LogP contribution in [0, 0.1) is 5.92 Å². The van der Waals surface area contributed by atoms with Crippen molar-refractivity contribution in [1.29, 1.82) is 0 Å². The molecule has 1 atom stereocenters. The summed E-state index contributed by atoms with van der Waals surface area (Å²) in [5, 5.41) is 3.26. The lowest BCUT2D eigenvalue weighted by atomic mass is 9.84. The van der Waals surface area contributed by atoms with Crippen molar-refractivity contribution in [2.75, 3.05) is 6.61 Å². The van der Waals surface area contributed by atoms with Crippen LogP contribution in [-0.2, 0) is 15.1 Å². The zero-order valence-electron chi connectivity index (χ0n) is 18.7. The molecule has 2 N–H and O–H groups in total. The van der Waals surface area contributed by atoms with Gasteiger partial charge in [-0.1, -0.05) is 86.6 Å². The summed E-state index contributed by atoms with van der Waals surface area (Å²) in [5.74, 6) is 0.641. The summed E-state index contributed by atoms with van der Waals surface area (Å²) in [6.07, 6.45) is 0. The number of carbonyl (C=O) groups is 1. The van der Waals surface area contributed by atoms with Gasteiger partial charge in [-0.15, -0.1) is 0 Å². The van der Waals surface area contributed by atoms with E-state index in [0.717, 1.165) is 28.0 Å². The van der Waals surface area contributed by atoms with E-state index in [1.165, 1.54) is 0 Å². The van der Waals surface area contributed by atoms with E-state index >= 15 is 0 Å². The third kappa shape index (κ3) is 4.04. The molecular formula is C27H29N3O2. The molecule has 32 heavy (non-hydrogen) atoms. The van der Waals surface area contributed by atoms with Crippen molar-refractivity contribution >= 4 is 16.9 Å². The van der Waals surface area contributed by atoms with Crippen molar-refractivity contribution in [3.05, 3.63) is 102 Å². The number of para-hydroxylation sites is 2. The average Bonchev–Trinajstić information content (AvgIpc) is 3.25. The Morgan fingerprint density at radius 2 is 1.50 bits per heavy atom. The fraction of sp³-hybridized carbons (Fsp3) is 0.259. The molecule has 0 aliphatic carbocycles. The Kier molecular flexibility index (Phi) is 6.37. The third-order valence-corrected chi connectivity index (χ3v) is 5.70. The Morgan fingerprint density at radius 3 is 2.03 bits per heavy atom. The quantitative estimate of drug-likeness (QED) is 0.398. The number of H-pyrrole nitrogens is 1. The van der Waals surface area contributed by atoms with E-state index in [0.29, 0.717) is 6.61 Å². The van der Waals surface area contributed by atoms with Gasteiger partial charge in [0, 0.05) is 6.61 Å². The summed E-state index contributed by atoms with van der Waals surface area (Å²) < 4.78 is 6.30. The fourth-order valence-corrected chi connectivity index (χ4v) is 4.14. The Hall–Kier alpha value is -3.44. The van der Waals surface area contributed by atoms with Crippen molar-refractivity contribution in [1.82, 2.24) is 15.3 Å². The first-order valence-corrected chi connectivity index (χ1v) is 11.1. The smallest absolute Gasteiger partial charge is 0.262 e. The molecule has 5 nitrogen and oxygen atoms in total. The van der Waals surface area contributed by atoms with Gasteiger partial charge in [0.2, 0.25) is 0 Å². The monoisotopic (exact) mass is 427 g/mol. The molecule has 1 amide bonds. The van der Waals surface area contributed by atoms with Crippen LogP contribution in [0.25, 0.3) is 11.0 Å². The highest BCUT2D eigenvalue weighted by Crippen LogP contribution is 2.35. The number of nitrogens with one attached hydrogen (secondary N) is 2. The number of aromatic amines is 1. The van der Waals surface area contributed by atoms with Crippen LogP contribution in [0.3, 0.4) is 0 Å². The summed E-state index contributed by atoms with van der Waals surface area (Å²) in [4.78, 5) is 22.2. The zero-order valence-corrected chi connectivity index (χ0v) is 18.7. The van der Waals surface area contributed by atoms with Crippen molar-refractivity contribution in [2.45, 2.75) is 32.4 Å². The summed E-state index contributed by atoms with van der Waals surface area (Å²) in [7, 11) is 0. The number of amides is 1. The van der Waals surface area contributed by atoms with Gasteiger partial charge in [0.1, 0.15) is 5.82 Å². The van der Waals surface area contributed by atoms with Gasteiger partial charge in [0.15, 0.2) is 5.60 Å². The minimum absolute atomic E-state index is 0.116. The Labute approximate surface area is 188 Å². The van der Waals surface area contributed by atoms with Crippen molar-refractivity contribution < 1.29 is 9.53 Å². The van der Waals surface area contributed by atoms with E-state index in [1.807, 2.05) is 91.9 Å². The maximum absolute atomic E-state index is 14.1. The first-order valence-electron chi connectivity index (χ1n) is 11.1. The highest BCUT2D eigenvalue weighted by Gasteiger charge is 2.44. The summed E-state index contributed by atoms with van der Waals surface area (Å²) >= 11 is 0. The lowest BCUT2D eigenvalue weighted by molar-refractivity contribution is -0.144. The second-order valence-corrected chi connectivity index (χ2v) is 8.18. The Morgan fingerprint density at radius 1 is 0.938 bits per heavy atom. The summed E-state index contributed by atoms with van der Waals surface area (Å²) in [5.41, 5.74) is 2.14. The second kappa shape index (κ2) is 9.37. The van der Waals surface area contributed by atoms with Gasteiger partial charge in [-0.3, -0.25) is 4.79 Å². The van der Waals surface area contributed by atoms with Gasteiger partial charge in [0.05, 0.1) is 17.1 Å². The molecule has 0 saturated carbocycles. The molecule has 0 fully saturated rings. The Balaban J connectivity index is 1.79. The van der Waals surface area contributed by atoms with Gasteiger partial charge in [-0.2, -0.15) is 0 Å². The first-order chi connectivity index (χ1) is 15.6. The minimum Gasteiger partial charge on any atom is -0.356 e. The van der Waals surface area contributed by atoms with Crippen LogP contribution >= 0.6 is 0 Å². The number of aromatic nitrogens is 2. The topological polar surface area (TPSA) is 67.0 Å². The predicted octanol–water partition coefficient (Wildman–Crippen LogP) is 5.36. The van der Waals surface area contributed by atoms with Crippen LogP contribution < -0.4 is 5.32 Å². The predicted molar refractivity (Wildman–Crippen MR) is 127 cm³/mol. The van der Waals surface area contributed by atoms with Gasteiger partial charge in [-0.05, 0) is 36.1 Å². The summed E-state index contributed by atoms with van der Waals surface area (Å²) in [6.45, 7) is 6.44. The Bertz CT molecular complexity index is 1100. The SMILES string of the molecule is CCOC(C(=O)N[C@@H](c1nc2ccccc2[nH]1)C(C)C)(c1ccccc1)c1ccccc1. The number of imidazole rings is 1. The molecule has 0 spiro atoms. The minimum atomic E-state index is -1.27. The molecular weight excluding hydrogens is 398 g/mol. The summed E-state index contributed by atoms with van der Waals surface area (Å²) in [6, 6.07) is 26.9. The molecule has 3 aromatic carbocycles. The van der Waals surface area contributed by atoms with E-state index < -0.39 is 5.60 Å². The molecule has 0 bridgehead atoms. The highest BCUT2D eigenvalue weighted by atomic mass is 16.5. The van der Waals surface area contributed by atoms with Gasteiger partial charge >= 0.3 is 0 Å². The molecule has 0 saturated heterocycles. The lowest BCUT2D eigenvalue weighted by Crippen LogP contribution is -2.49. The number of ether oxygens (including phenoxy) is 1. The third-order valence-electron chi connectivity index (χ3n) is 5.70. The largest absolute Gasteiger partial charge is 0.356 e. The average molecular weight is 428 g/mol. The zero-order chi connectivity index (χ0) is 22.6. The van der Waals surface area contributed by atoms with Crippen molar-refractivity contribution in [2.24, 2.45) is 5.92 Å². The number of benzene rings is 3. The van der Waals surface area contributed by atoms with E-state index in [9.17, 15) is 4.79 Å². The van der Waals surface area contributed by atoms with Gasteiger partial charge < -0.3 is 15.0 Å². The number of fused-ring (bicyclic) bond motifs is 1. The maximum atomic E-state index is 14.1. The maximum Gasteiger partial charge on any atom is 0.262 e. The van der Waals surface area contributed by atoms with Gasteiger partial charge in [0.25, 0.3) is 5.91 Å². The molecule has 1 heterocycles. The van der Waals surface area contributed by atoms with Crippen molar-refractivity contribution in [3.63, 3.8) is 0 Å². The standard InChI is InChI=1S/C27H29N3O2/c1-4-32-27(20-13-7-5-8-14-20,21-15-9-6-10-16-21)26(31)30-24(19(2)3)25-28-22-17-11-12-18-23(22)29-25/h5-19,24H,4H2,1-3H3,(H,28,29)(H,30,31)/t24-/m1/s1. The fourth-order valence-electron chi connectivity index (χ4n) is 4.14. The normalized spacial score (nSPS) is 12.8. The van der Waals surface area contributed by atoms with Crippen LogP contribution in [0.5, 0.6) is 0 Å². The molecule has 0 aliphatic heterocycles. The van der Waals surface area contributed by atoms with Crippen LogP contribution in [0.15, 0.2) is 84.9 Å². The van der Waals surface area contributed by atoms with E-state index in [2.05, 4.69) is 24.1 Å². The van der Waals surface area contributed by atoms with Crippen LogP contribution in [0.2, 0.25) is 0 Å². The van der Waals surface area contributed by atoms with E-state index in [-0.39, 0.29) is 17.9 Å². The number of rotatable bonds is 8. The number of hydrogen-bond acceptors (Lipinski definition) is 3. The molecule has 0 aliphatic rings. The molecule has 0 unspecified atom stereocenters. The number of hydrogen-bond donors (Lipinski definition) is 2. The van der Waals surface area contributed by atoms with E-state index in [4.69, 9.17) is 9.72 Å². The van der Waals surface area contributed by atoms with E-state index in [1.54, 1.807) is 0 Å². The van der Waals surface area contributed by atoms with Gasteiger partial charge in [-0.25, -0.2) is 4.98 Å². The van der Waals surface area contributed by atoms with Crippen LogP contribution in [0.1, 0.15) is 43.8 Å². The molecule has 1 aromatic heterocycles. The second-order valence-electron chi connectivity index (χ2n) is 8.18. The number of nitrogens with zero attached hydrogens (tertiary/aromatic N) is 1. The first kappa shape index (κ1) is 21.8. The van der Waals surface area contributed by atoms with Crippen molar-refractivity contribution in [3.8, 4) is 0 Å². The van der Waals surface area contributed by atoms with Crippen LogP contribution in [-0.4, -0.2) is 22.5 Å². The molecule has 164 valence electrons. The number of carbonyl (C=O) groups excluding carboxylic acids is 1. The van der Waals surface area contributed by atoms with Crippen LogP contribution in [0.4, 0.5) is 0 Å². The highest BCUT2D eigenvalue weighted by molar-refractivity contribution is 5.91. The lowest BCUT2D eigenvalue weighted by Gasteiger charge is -2.35. The molecule has 0 radical (unpaired) electrons. The molecule has 4 aromatic rings. The molecule has 4 rings (SSSR count).